The molecule has 2 rings (SSSR count). The van der Waals surface area contributed by atoms with Crippen molar-refractivity contribution < 1.29 is 0 Å². The molecule has 3 atom stereocenters. The lowest BCUT2D eigenvalue weighted by Gasteiger charge is -2.30. The van der Waals surface area contributed by atoms with Crippen LogP contribution in [0.3, 0.4) is 0 Å². The second-order valence-electron chi connectivity index (χ2n) is 4.89. The van der Waals surface area contributed by atoms with Gasteiger partial charge in [-0.05, 0) is 38.0 Å². The van der Waals surface area contributed by atoms with Crippen LogP contribution in [-0.2, 0) is 13.0 Å². The van der Waals surface area contributed by atoms with Crippen LogP contribution in [0.4, 0.5) is 0 Å². The summed E-state index contributed by atoms with van der Waals surface area (Å²) < 4.78 is 1.98. The minimum Gasteiger partial charge on any atom is -0.250 e. The Morgan fingerprint density at radius 3 is 3.06 bits per heavy atom. The zero-order chi connectivity index (χ0) is 11.5. The highest BCUT2D eigenvalue weighted by Gasteiger charge is 2.28. The number of hydrogen-bond acceptors (Lipinski definition) is 2. The molecule has 0 bridgehead atoms. The van der Waals surface area contributed by atoms with Gasteiger partial charge in [0.1, 0.15) is 12.2 Å². The summed E-state index contributed by atoms with van der Waals surface area (Å²) in [7, 11) is 0. The van der Waals surface area contributed by atoms with Gasteiger partial charge in [-0.15, -0.1) is 11.6 Å². The van der Waals surface area contributed by atoms with Crippen molar-refractivity contribution >= 4 is 11.6 Å². The molecule has 90 valence electrons. The van der Waals surface area contributed by atoms with E-state index in [1.165, 1.54) is 12.8 Å². The molecule has 0 spiro atoms. The van der Waals surface area contributed by atoms with Gasteiger partial charge in [-0.25, -0.2) is 4.98 Å². The third kappa shape index (κ3) is 2.57. The second-order valence-corrected chi connectivity index (χ2v) is 5.45. The first kappa shape index (κ1) is 11.9. The van der Waals surface area contributed by atoms with Crippen molar-refractivity contribution in [1.29, 1.82) is 0 Å². The molecule has 0 saturated heterocycles. The molecule has 16 heavy (non-hydrogen) atoms. The molecule has 1 aliphatic carbocycles. The molecular formula is C12H20ClN3. The number of aryl methyl sites for hydroxylation is 1. The molecule has 0 amide bonds. The van der Waals surface area contributed by atoms with Gasteiger partial charge in [0, 0.05) is 18.3 Å². The normalized spacial score (nSPS) is 30.6. The maximum absolute atomic E-state index is 6.40. The predicted octanol–water partition coefficient (Wildman–Crippen LogP) is 2.88. The number of aromatic nitrogens is 3. The molecule has 1 aromatic heterocycles. The Morgan fingerprint density at radius 2 is 2.31 bits per heavy atom. The van der Waals surface area contributed by atoms with Crippen molar-refractivity contribution in [2.45, 2.75) is 51.5 Å². The van der Waals surface area contributed by atoms with Gasteiger partial charge in [0.25, 0.3) is 0 Å². The Balaban J connectivity index is 2.02. The van der Waals surface area contributed by atoms with Crippen LogP contribution in [0.2, 0.25) is 0 Å². The zero-order valence-electron chi connectivity index (χ0n) is 10.1. The molecule has 0 aromatic carbocycles. The number of alkyl halides is 1. The van der Waals surface area contributed by atoms with Gasteiger partial charge in [-0.2, -0.15) is 5.10 Å². The summed E-state index contributed by atoms with van der Waals surface area (Å²) in [6.07, 6.45) is 6.27. The monoisotopic (exact) mass is 241 g/mol. The quantitative estimate of drug-likeness (QED) is 0.762. The first-order chi connectivity index (χ1) is 7.70. The molecule has 4 heteroatoms. The van der Waals surface area contributed by atoms with Crippen molar-refractivity contribution in [2.24, 2.45) is 11.8 Å². The highest BCUT2D eigenvalue weighted by molar-refractivity contribution is 6.20. The molecule has 1 saturated carbocycles. The van der Waals surface area contributed by atoms with E-state index >= 15 is 0 Å². The third-order valence-corrected chi connectivity index (χ3v) is 4.17. The maximum Gasteiger partial charge on any atom is 0.138 e. The molecule has 1 aliphatic rings. The molecular weight excluding hydrogens is 222 g/mol. The van der Waals surface area contributed by atoms with E-state index in [9.17, 15) is 0 Å². The Kier molecular flexibility index (Phi) is 3.85. The minimum absolute atomic E-state index is 0.318. The summed E-state index contributed by atoms with van der Waals surface area (Å²) in [5.41, 5.74) is 0. The van der Waals surface area contributed by atoms with Gasteiger partial charge in [-0.3, -0.25) is 4.68 Å². The van der Waals surface area contributed by atoms with Gasteiger partial charge in [-0.1, -0.05) is 6.92 Å². The van der Waals surface area contributed by atoms with Crippen molar-refractivity contribution in [3.05, 3.63) is 12.2 Å². The first-order valence-electron chi connectivity index (χ1n) is 6.21. The van der Waals surface area contributed by atoms with Gasteiger partial charge in [0.15, 0.2) is 0 Å². The fourth-order valence-corrected chi connectivity index (χ4v) is 2.94. The summed E-state index contributed by atoms with van der Waals surface area (Å²) in [4.78, 5) is 4.33. The van der Waals surface area contributed by atoms with E-state index in [0.717, 1.165) is 31.1 Å². The van der Waals surface area contributed by atoms with Crippen LogP contribution in [0, 0.1) is 11.8 Å². The lowest BCUT2D eigenvalue weighted by atomic mass is 9.80. The molecule has 0 radical (unpaired) electrons. The Morgan fingerprint density at radius 1 is 1.50 bits per heavy atom. The number of rotatable bonds is 3. The minimum atomic E-state index is 0.318. The van der Waals surface area contributed by atoms with Crippen LogP contribution in [-0.4, -0.2) is 20.1 Å². The van der Waals surface area contributed by atoms with E-state index in [-0.39, 0.29) is 0 Å². The van der Waals surface area contributed by atoms with E-state index in [1.807, 2.05) is 4.68 Å². The Bertz CT molecular complexity index is 337. The average Bonchev–Trinajstić information content (AvgIpc) is 2.71. The third-order valence-electron chi connectivity index (χ3n) is 3.59. The van der Waals surface area contributed by atoms with Gasteiger partial charge >= 0.3 is 0 Å². The van der Waals surface area contributed by atoms with Crippen LogP contribution >= 0.6 is 11.6 Å². The van der Waals surface area contributed by atoms with E-state index in [1.54, 1.807) is 6.33 Å². The fourth-order valence-electron chi connectivity index (χ4n) is 2.62. The molecule has 1 aromatic rings. The maximum atomic E-state index is 6.40. The predicted molar refractivity (Wildman–Crippen MR) is 65.5 cm³/mol. The van der Waals surface area contributed by atoms with Crippen LogP contribution in [0.15, 0.2) is 6.33 Å². The molecule has 0 N–H and O–H groups in total. The van der Waals surface area contributed by atoms with Crippen LogP contribution < -0.4 is 0 Å². The smallest absolute Gasteiger partial charge is 0.138 e. The average molecular weight is 242 g/mol. The van der Waals surface area contributed by atoms with E-state index in [4.69, 9.17) is 11.6 Å². The molecule has 0 aliphatic heterocycles. The highest BCUT2D eigenvalue weighted by atomic mass is 35.5. The standard InChI is InChI=1S/C12H20ClN3/c1-3-16-12(14-8-15-16)7-10-6-9(2)4-5-11(10)13/h8-11H,3-7H2,1-2H3. The molecule has 3 nitrogen and oxygen atoms in total. The molecule has 1 heterocycles. The summed E-state index contributed by atoms with van der Waals surface area (Å²) in [6.45, 7) is 5.31. The summed E-state index contributed by atoms with van der Waals surface area (Å²) in [5, 5.41) is 4.52. The fraction of sp³-hybridized carbons (Fsp3) is 0.833. The summed E-state index contributed by atoms with van der Waals surface area (Å²) >= 11 is 6.40. The van der Waals surface area contributed by atoms with Crippen molar-refractivity contribution in [1.82, 2.24) is 14.8 Å². The summed E-state index contributed by atoms with van der Waals surface area (Å²) in [5.74, 6) is 2.46. The van der Waals surface area contributed by atoms with Crippen molar-refractivity contribution in [2.75, 3.05) is 0 Å². The van der Waals surface area contributed by atoms with Gasteiger partial charge in [0.05, 0.1) is 0 Å². The summed E-state index contributed by atoms with van der Waals surface area (Å²) in [6, 6.07) is 0. The Labute approximate surface area is 102 Å². The topological polar surface area (TPSA) is 30.7 Å². The van der Waals surface area contributed by atoms with Crippen LogP contribution in [0.5, 0.6) is 0 Å². The lowest BCUT2D eigenvalue weighted by molar-refractivity contribution is 0.281. The Hall–Kier alpha value is -0.570. The lowest BCUT2D eigenvalue weighted by Crippen LogP contribution is -2.27. The zero-order valence-corrected chi connectivity index (χ0v) is 10.8. The van der Waals surface area contributed by atoms with Crippen LogP contribution in [0.25, 0.3) is 0 Å². The van der Waals surface area contributed by atoms with Gasteiger partial charge in [0.2, 0.25) is 0 Å². The van der Waals surface area contributed by atoms with E-state index < -0.39 is 0 Å². The highest BCUT2D eigenvalue weighted by Crippen LogP contribution is 2.34. The first-order valence-corrected chi connectivity index (χ1v) is 6.65. The van der Waals surface area contributed by atoms with Gasteiger partial charge < -0.3 is 0 Å². The van der Waals surface area contributed by atoms with Crippen molar-refractivity contribution in [3.8, 4) is 0 Å². The van der Waals surface area contributed by atoms with E-state index in [2.05, 4.69) is 23.9 Å². The van der Waals surface area contributed by atoms with Crippen molar-refractivity contribution in [3.63, 3.8) is 0 Å². The van der Waals surface area contributed by atoms with Crippen LogP contribution in [0.1, 0.15) is 38.9 Å². The number of hydrogen-bond donors (Lipinski definition) is 0. The molecule has 3 unspecified atom stereocenters. The largest absolute Gasteiger partial charge is 0.250 e. The number of nitrogens with zero attached hydrogens (tertiary/aromatic N) is 3. The second kappa shape index (κ2) is 5.17. The molecule has 1 fully saturated rings. The van der Waals surface area contributed by atoms with E-state index in [0.29, 0.717) is 11.3 Å². The SMILES string of the molecule is CCn1ncnc1CC1CC(C)CCC1Cl. The number of halogens is 1.